The van der Waals surface area contributed by atoms with Crippen LogP contribution >= 0.6 is 0 Å². The normalized spacial score (nSPS) is 18.8. The van der Waals surface area contributed by atoms with Crippen LogP contribution in [-0.4, -0.2) is 74.5 Å². The summed E-state index contributed by atoms with van der Waals surface area (Å²) >= 11 is 0. The van der Waals surface area contributed by atoms with Crippen molar-refractivity contribution in [1.82, 2.24) is 9.80 Å². The van der Waals surface area contributed by atoms with Gasteiger partial charge < -0.3 is 14.4 Å². The Morgan fingerprint density at radius 1 is 0.900 bits per heavy atom. The number of morpholine rings is 1. The average Bonchev–Trinajstić information content (AvgIpc) is 2.80. The van der Waals surface area contributed by atoms with Gasteiger partial charge >= 0.3 is 6.09 Å². The maximum atomic E-state index is 12.5. The van der Waals surface area contributed by atoms with Gasteiger partial charge in [-0.1, -0.05) is 48.5 Å². The summed E-state index contributed by atoms with van der Waals surface area (Å²) < 4.78 is 11.1. The molecular formula is C24H31N3O3. The molecule has 6 heteroatoms. The van der Waals surface area contributed by atoms with Gasteiger partial charge in [0.15, 0.2) is 0 Å². The lowest BCUT2D eigenvalue weighted by atomic mass is 10.0. The van der Waals surface area contributed by atoms with E-state index in [1.807, 2.05) is 54.6 Å². The molecule has 2 aliphatic heterocycles. The second-order valence-electron chi connectivity index (χ2n) is 7.94. The van der Waals surface area contributed by atoms with Crippen molar-refractivity contribution in [2.45, 2.75) is 18.9 Å². The molecule has 0 unspecified atom stereocenters. The third-order valence-electron chi connectivity index (χ3n) is 5.89. The Balaban J connectivity index is 1.23. The summed E-state index contributed by atoms with van der Waals surface area (Å²) in [6, 6.07) is 17.9. The van der Waals surface area contributed by atoms with E-state index in [2.05, 4.69) is 15.1 Å². The van der Waals surface area contributed by atoms with Crippen molar-refractivity contribution in [3.63, 3.8) is 0 Å². The SMILES string of the molecule is O=C(Nc1ccccc1-c1ccccc1)OC1CCN(CCN2CCOCC2)CC1. The molecule has 2 aromatic carbocycles. The molecule has 0 aromatic heterocycles. The fourth-order valence-electron chi connectivity index (χ4n) is 4.11. The number of ether oxygens (including phenoxy) is 2. The van der Waals surface area contributed by atoms with Gasteiger partial charge in [-0.25, -0.2) is 4.79 Å². The standard InChI is InChI=1S/C24H31N3O3/c28-24(25-23-9-5-4-8-22(23)20-6-2-1-3-7-20)30-21-10-12-26(13-11-21)14-15-27-16-18-29-19-17-27/h1-9,21H,10-19H2,(H,25,28). The molecule has 0 saturated carbocycles. The number of carbonyl (C=O) groups is 1. The van der Waals surface area contributed by atoms with E-state index in [-0.39, 0.29) is 12.2 Å². The molecule has 2 aliphatic rings. The number of nitrogens with zero attached hydrogens (tertiary/aromatic N) is 2. The van der Waals surface area contributed by atoms with Gasteiger partial charge in [0, 0.05) is 44.8 Å². The molecule has 2 fully saturated rings. The van der Waals surface area contributed by atoms with Crippen LogP contribution in [0.25, 0.3) is 11.1 Å². The maximum Gasteiger partial charge on any atom is 0.411 e. The predicted octanol–water partition coefficient (Wildman–Crippen LogP) is 3.70. The molecule has 0 radical (unpaired) electrons. The van der Waals surface area contributed by atoms with Crippen LogP contribution in [0.3, 0.4) is 0 Å². The average molecular weight is 410 g/mol. The smallest absolute Gasteiger partial charge is 0.411 e. The molecule has 4 rings (SSSR count). The third kappa shape index (κ3) is 5.81. The number of amides is 1. The summed E-state index contributed by atoms with van der Waals surface area (Å²) in [5.41, 5.74) is 2.84. The zero-order valence-electron chi connectivity index (χ0n) is 17.5. The molecule has 2 heterocycles. The zero-order chi connectivity index (χ0) is 20.6. The van der Waals surface area contributed by atoms with Crippen molar-refractivity contribution in [3.8, 4) is 11.1 Å². The molecule has 0 spiro atoms. The third-order valence-corrected chi connectivity index (χ3v) is 5.89. The van der Waals surface area contributed by atoms with Crippen LogP contribution in [0, 0.1) is 0 Å². The lowest BCUT2D eigenvalue weighted by molar-refractivity contribution is 0.0254. The minimum Gasteiger partial charge on any atom is -0.446 e. The largest absolute Gasteiger partial charge is 0.446 e. The Bertz CT molecular complexity index is 800. The molecule has 6 nitrogen and oxygen atoms in total. The van der Waals surface area contributed by atoms with Gasteiger partial charge in [-0.3, -0.25) is 10.2 Å². The highest BCUT2D eigenvalue weighted by molar-refractivity contribution is 5.91. The molecule has 2 aromatic rings. The van der Waals surface area contributed by atoms with Gasteiger partial charge in [0.2, 0.25) is 0 Å². The van der Waals surface area contributed by atoms with Crippen LogP contribution in [0.2, 0.25) is 0 Å². The van der Waals surface area contributed by atoms with Crippen LogP contribution in [0.5, 0.6) is 0 Å². The first-order chi connectivity index (χ1) is 14.8. The Hall–Kier alpha value is -2.41. The molecular weight excluding hydrogens is 378 g/mol. The summed E-state index contributed by atoms with van der Waals surface area (Å²) in [4.78, 5) is 17.4. The topological polar surface area (TPSA) is 54.0 Å². The molecule has 2 saturated heterocycles. The quantitative estimate of drug-likeness (QED) is 0.789. The van der Waals surface area contributed by atoms with Gasteiger partial charge in [0.1, 0.15) is 6.10 Å². The number of rotatable bonds is 6. The molecule has 30 heavy (non-hydrogen) atoms. The minimum atomic E-state index is -0.370. The highest BCUT2D eigenvalue weighted by Crippen LogP contribution is 2.28. The highest BCUT2D eigenvalue weighted by atomic mass is 16.6. The van der Waals surface area contributed by atoms with E-state index in [0.29, 0.717) is 0 Å². The van der Waals surface area contributed by atoms with Crippen LogP contribution in [0.15, 0.2) is 54.6 Å². The van der Waals surface area contributed by atoms with Crippen molar-refractivity contribution >= 4 is 11.8 Å². The molecule has 1 N–H and O–H groups in total. The number of hydrogen-bond donors (Lipinski definition) is 1. The van der Waals surface area contributed by atoms with Crippen LogP contribution in [0.4, 0.5) is 10.5 Å². The number of nitrogens with one attached hydrogen (secondary N) is 1. The molecule has 160 valence electrons. The molecule has 1 amide bonds. The first-order valence-electron chi connectivity index (χ1n) is 10.9. The Kier molecular flexibility index (Phi) is 7.34. The maximum absolute atomic E-state index is 12.5. The van der Waals surface area contributed by atoms with E-state index in [4.69, 9.17) is 9.47 Å². The van der Waals surface area contributed by atoms with Crippen molar-refractivity contribution in [2.75, 3.05) is 57.8 Å². The van der Waals surface area contributed by atoms with Gasteiger partial charge in [0.05, 0.1) is 18.9 Å². The van der Waals surface area contributed by atoms with Gasteiger partial charge in [0.25, 0.3) is 0 Å². The van der Waals surface area contributed by atoms with E-state index < -0.39 is 0 Å². The fourth-order valence-corrected chi connectivity index (χ4v) is 4.11. The predicted molar refractivity (Wildman–Crippen MR) is 119 cm³/mol. The highest BCUT2D eigenvalue weighted by Gasteiger charge is 2.23. The van der Waals surface area contributed by atoms with Crippen LogP contribution < -0.4 is 5.32 Å². The monoisotopic (exact) mass is 409 g/mol. The summed E-state index contributed by atoms with van der Waals surface area (Å²) in [6.07, 6.45) is 1.38. The summed E-state index contributed by atoms with van der Waals surface area (Å²) in [5, 5.41) is 2.94. The van der Waals surface area contributed by atoms with Gasteiger partial charge in [-0.05, 0) is 24.5 Å². The van der Waals surface area contributed by atoms with E-state index in [1.165, 1.54) is 0 Å². The van der Waals surface area contributed by atoms with Crippen LogP contribution in [0.1, 0.15) is 12.8 Å². The number of benzene rings is 2. The zero-order valence-corrected chi connectivity index (χ0v) is 17.5. The first-order valence-corrected chi connectivity index (χ1v) is 10.9. The second kappa shape index (κ2) is 10.6. The minimum absolute atomic E-state index is 0.0199. The lowest BCUT2D eigenvalue weighted by Crippen LogP contribution is -2.44. The lowest BCUT2D eigenvalue weighted by Gasteiger charge is -2.34. The number of para-hydroxylation sites is 1. The van der Waals surface area contributed by atoms with Crippen LogP contribution in [-0.2, 0) is 9.47 Å². The van der Waals surface area contributed by atoms with E-state index >= 15 is 0 Å². The Morgan fingerprint density at radius 2 is 1.53 bits per heavy atom. The Labute approximate surface area is 178 Å². The second-order valence-corrected chi connectivity index (χ2v) is 7.94. The van der Waals surface area contributed by atoms with Gasteiger partial charge in [-0.15, -0.1) is 0 Å². The van der Waals surface area contributed by atoms with E-state index in [0.717, 1.165) is 82.1 Å². The van der Waals surface area contributed by atoms with E-state index in [1.54, 1.807) is 0 Å². The summed E-state index contributed by atoms with van der Waals surface area (Å²) in [6.45, 7) is 7.87. The summed E-state index contributed by atoms with van der Waals surface area (Å²) in [7, 11) is 0. The number of likely N-dealkylation sites (tertiary alicyclic amines) is 1. The number of anilines is 1. The summed E-state index contributed by atoms with van der Waals surface area (Å²) in [5.74, 6) is 0. The van der Waals surface area contributed by atoms with Crippen molar-refractivity contribution in [2.24, 2.45) is 0 Å². The number of hydrogen-bond acceptors (Lipinski definition) is 5. The fraction of sp³-hybridized carbons (Fsp3) is 0.458. The molecule has 0 atom stereocenters. The number of carbonyl (C=O) groups excluding carboxylic acids is 1. The van der Waals surface area contributed by atoms with E-state index in [9.17, 15) is 4.79 Å². The number of piperidine rings is 1. The Morgan fingerprint density at radius 3 is 2.27 bits per heavy atom. The van der Waals surface area contributed by atoms with Crippen molar-refractivity contribution in [3.05, 3.63) is 54.6 Å². The van der Waals surface area contributed by atoms with Crippen molar-refractivity contribution < 1.29 is 14.3 Å². The van der Waals surface area contributed by atoms with Gasteiger partial charge in [-0.2, -0.15) is 0 Å². The first kappa shape index (κ1) is 20.8. The van der Waals surface area contributed by atoms with Crippen molar-refractivity contribution in [1.29, 1.82) is 0 Å². The molecule has 0 bridgehead atoms. The molecule has 0 aliphatic carbocycles.